The number of nitrogens with one attached hydrogen (secondary N) is 1. The molecule has 0 aliphatic heterocycles. The van der Waals surface area contributed by atoms with Crippen LogP contribution >= 0.6 is 0 Å². The molecule has 0 atom stereocenters. The van der Waals surface area contributed by atoms with E-state index < -0.39 is 5.54 Å². The van der Waals surface area contributed by atoms with Crippen LogP contribution in [0.4, 0.5) is 0 Å². The molecule has 0 saturated carbocycles. The largest absolute Gasteiger partial charge is 0.329 e. The number of aromatic nitrogens is 2. The number of hydrogen-bond donors (Lipinski definition) is 1. The second-order valence-corrected chi connectivity index (χ2v) is 5.05. The lowest BCUT2D eigenvalue weighted by molar-refractivity contribution is 0.365. The molecule has 1 aromatic rings. The van der Waals surface area contributed by atoms with Crippen LogP contribution in [0, 0.1) is 0 Å². The Morgan fingerprint density at radius 2 is 1.94 bits per heavy atom. The van der Waals surface area contributed by atoms with Crippen LogP contribution in [0.15, 0.2) is 15.7 Å². The minimum absolute atomic E-state index is 0.220. The van der Waals surface area contributed by atoms with Gasteiger partial charge in [0.25, 0.3) is 5.56 Å². The predicted octanol–water partition coefficient (Wildman–Crippen LogP) is 1.63. The Labute approximate surface area is 95.3 Å². The Kier molecular flexibility index (Phi) is 3.73. The van der Waals surface area contributed by atoms with Crippen molar-refractivity contribution in [1.82, 2.24) is 9.55 Å². The average molecular weight is 224 g/mol. The summed E-state index contributed by atoms with van der Waals surface area (Å²) in [4.78, 5) is 26.4. The highest BCUT2D eigenvalue weighted by Crippen LogP contribution is 2.07. The highest BCUT2D eigenvalue weighted by atomic mass is 16.2. The zero-order valence-corrected chi connectivity index (χ0v) is 10.5. The summed E-state index contributed by atoms with van der Waals surface area (Å²) in [6, 6.07) is 1.53. The molecule has 0 aliphatic carbocycles. The molecular formula is C12H20N2O2. The number of unbranched alkanes of at least 4 members (excludes halogenated alkanes) is 1. The van der Waals surface area contributed by atoms with Gasteiger partial charge in [-0.2, -0.15) is 0 Å². The van der Waals surface area contributed by atoms with Crippen LogP contribution in [-0.2, 0) is 12.0 Å². The van der Waals surface area contributed by atoms with Crippen molar-refractivity contribution in [3.63, 3.8) is 0 Å². The molecular weight excluding hydrogens is 204 g/mol. The summed E-state index contributed by atoms with van der Waals surface area (Å²) in [6.07, 6.45) is 2.78. The third-order valence-corrected chi connectivity index (χ3v) is 2.46. The second kappa shape index (κ2) is 4.68. The maximum atomic E-state index is 11.8. The first-order valence-corrected chi connectivity index (χ1v) is 5.72. The van der Waals surface area contributed by atoms with E-state index >= 15 is 0 Å². The van der Waals surface area contributed by atoms with Gasteiger partial charge in [-0.05, 0) is 33.6 Å². The van der Waals surface area contributed by atoms with E-state index in [0.717, 1.165) is 25.0 Å². The summed E-state index contributed by atoms with van der Waals surface area (Å²) in [7, 11) is 0. The maximum absolute atomic E-state index is 11.8. The van der Waals surface area contributed by atoms with Crippen LogP contribution in [-0.4, -0.2) is 9.55 Å². The van der Waals surface area contributed by atoms with E-state index in [9.17, 15) is 9.59 Å². The quantitative estimate of drug-likeness (QED) is 0.848. The first kappa shape index (κ1) is 12.7. The number of aryl methyl sites for hydroxylation is 1. The molecule has 0 aliphatic rings. The van der Waals surface area contributed by atoms with Crippen molar-refractivity contribution >= 4 is 0 Å². The smallest absolute Gasteiger partial charge is 0.311 e. The van der Waals surface area contributed by atoms with Crippen LogP contribution in [0.2, 0.25) is 0 Å². The molecule has 1 N–H and O–H groups in total. The van der Waals surface area contributed by atoms with Gasteiger partial charge in [-0.1, -0.05) is 13.3 Å². The van der Waals surface area contributed by atoms with E-state index in [1.165, 1.54) is 10.6 Å². The topological polar surface area (TPSA) is 54.9 Å². The molecule has 1 heterocycles. The Morgan fingerprint density at radius 1 is 1.31 bits per heavy atom. The molecule has 0 aromatic carbocycles. The van der Waals surface area contributed by atoms with E-state index in [0.29, 0.717) is 0 Å². The Hall–Kier alpha value is -1.32. The number of nitrogens with zero attached hydrogens (tertiary/aromatic N) is 1. The highest BCUT2D eigenvalue weighted by molar-refractivity contribution is 5.01. The molecule has 1 aromatic heterocycles. The van der Waals surface area contributed by atoms with Crippen molar-refractivity contribution in [3.05, 3.63) is 32.6 Å². The summed E-state index contributed by atoms with van der Waals surface area (Å²) in [6.45, 7) is 7.61. The third kappa shape index (κ3) is 2.84. The summed E-state index contributed by atoms with van der Waals surface area (Å²) < 4.78 is 1.25. The number of H-pyrrole nitrogens is 1. The summed E-state index contributed by atoms with van der Waals surface area (Å²) in [5, 5.41) is 0. The number of rotatable bonds is 3. The molecule has 1 rings (SSSR count). The second-order valence-electron chi connectivity index (χ2n) is 5.05. The van der Waals surface area contributed by atoms with Gasteiger partial charge in [0.15, 0.2) is 0 Å². The molecule has 0 amide bonds. The SMILES string of the molecule is CCCCc1cc(=O)n(C(C)(C)C)c(=O)[nH]1. The number of aromatic amines is 1. The van der Waals surface area contributed by atoms with Crippen molar-refractivity contribution in [2.24, 2.45) is 0 Å². The van der Waals surface area contributed by atoms with Gasteiger partial charge in [-0.3, -0.25) is 9.36 Å². The van der Waals surface area contributed by atoms with E-state index in [4.69, 9.17) is 0 Å². The average Bonchev–Trinajstić information content (AvgIpc) is 2.11. The van der Waals surface area contributed by atoms with Crippen LogP contribution in [0.5, 0.6) is 0 Å². The molecule has 16 heavy (non-hydrogen) atoms. The first-order valence-electron chi connectivity index (χ1n) is 5.72. The third-order valence-electron chi connectivity index (χ3n) is 2.46. The van der Waals surface area contributed by atoms with Gasteiger partial charge in [0, 0.05) is 17.3 Å². The predicted molar refractivity (Wildman–Crippen MR) is 64.9 cm³/mol. The minimum Gasteiger partial charge on any atom is -0.311 e. The molecule has 0 spiro atoms. The Bertz CT molecular complexity index is 432. The fraction of sp³-hybridized carbons (Fsp3) is 0.667. The van der Waals surface area contributed by atoms with Gasteiger partial charge >= 0.3 is 5.69 Å². The first-order chi connectivity index (χ1) is 7.36. The summed E-state index contributed by atoms with van der Waals surface area (Å²) >= 11 is 0. The van der Waals surface area contributed by atoms with Gasteiger partial charge in [0.05, 0.1) is 0 Å². The van der Waals surface area contributed by atoms with Crippen LogP contribution in [0.3, 0.4) is 0 Å². The van der Waals surface area contributed by atoms with Crippen molar-refractivity contribution < 1.29 is 0 Å². The zero-order chi connectivity index (χ0) is 12.3. The van der Waals surface area contributed by atoms with Crippen molar-refractivity contribution in [3.8, 4) is 0 Å². The monoisotopic (exact) mass is 224 g/mol. The van der Waals surface area contributed by atoms with Gasteiger partial charge in [-0.15, -0.1) is 0 Å². The molecule has 4 nitrogen and oxygen atoms in total. The normalized spacial score (nSPS) is 11.8. The van der Waals surface area contributed by atoms with E-state index in [2.05, 4.69) is 11.9 Å². The van der Waals surface area contributed by atoms with Gasteiger partial charge in [0.2, 0.25) is 0 Å². The lowest BCUT2D eigenvalue weighted by Gasteiger charge is -2.20. The molecule has 0 radical (unpaired) electrons. The Balaban J connectivity index is 3.19. The highest BCUT2D eigenvalue weighted by Gasteiger charge is 2.17. The lowest BCUT2D eigenvalue weighted by Crippen LogP contribution is -2.44. The van der Waals surface area contributed by atoms with E-state index in [-0.39, 0.29) is 11.2 Å². The Morgan fingerprint density at radius 3 is 2.38 bits per heavy atom. The van der Waals surface area contributed by atoms with Crippen LogP contribution in [0.25, 0.3) is 0 Å². The van der Waals surface area contributed by atoms with Crippen LogP contribution in [0.1, 0.15) is 46.2 Å². The minimum atomic E-state index is -0.478. The molecule has 90 valence electrons. The number of hydrogen-bond acceptors (Lipinski definition) is 2. The van der Waals surface area contributed by atoms with Gasteiger partial charge in [0.1, 0.15) is 0 Å². The molecule has 0 fully saturated rings. The van der Waals surface area contributed by atoms with Crippen molar-refractivity contribution in [2.45, 2.75) is 52.5 Å². The molecule has 4 heteroatoms. The molecule has 0 saturated heterocycles. The molecule has 0 unspecified atom stereocenters. The van der Waals surface area contributed by atoms with Crippen molar-refractivity contribution in [1.29, 1.82) is 0 Å². The van der Waals surface area contributed by atoms with Crippen molar-refractivity contribution in [2.75, 3.05) is 0 Å². The lowest BCUT2D eigenvalue weighted by atomic mass is 10.1. The summed E-state index contributed by atoms with van der Waals surface area (Å²) in [5.41, 5.74) is -0.278. The van der Waals surface area contributed by atoms with E-state index in [1.54, 1.807) is 0 Å². The fourth-order valence-corrected chi connectivity index (χ4v) is 1.68. The fourth-order valence-electron chi connectivity index (χ4n) is 1.68. The standard InChI is InChI=1S/C12H20N2O2/c1-5-6-7-9-8-10(15)14(11(16)13-9)12(2,3)4/h8H,5-7H2,1-4H3,(H,13,16). The van der Waals surface area contributed by atoms with Crippen LogP contribution < -0.4 is 11.2 Å². The van der Waals surface area contributed by atoms with Gasteiger partial charge < -0.3 is 4.98 Å². The van der Waals surface area contributed by atoms with E-state index in [1.807, 2.05) is 20.8 Å². The zero-order valence-electron chi connectivity index (χ0n) is 10.5. The maximum Gasteiger partial charge on any atom is 0.329 e. The summed E-state index contributed by atoms with van der Waals surface area (Å²) in [5.74, 6) is 0. The molecule has 0 bridgehead atoms. The van der Waals surface area contributed by atoms with Gasteiger partial charge in [-0.25, -0.2) is 4.79 Å².